The Morgan fingerprint density at radius 1 is 1.35 bits per heavy atom. The molecule has 0 saturated carbocycles. The number of pyridine rings is 1. The van der Waals surface area contributed by atoms with Crippen LogP contribution in [0.4, 0.5) is 4.39 Å². The van der Waals surface area contributed by atoms with Crippen LogP contribution in [0.5, 0.6) is 0 Å². The molecule has 0 radical (unpaired) electrons. The molecule has 1 aromatic heterocycles. The minimum Gasteiger partial charge on any atom is -0.350 e. The average Bonchev–Trinajstić information content (AvgIpc) is 2.49. The molecule has 0 saturated heterocycles. The van der Waals surface area contributed by atoms with Crippen molar-refractivity contribution in [1.29, 1.82) is 5.26 Å². The summed E-state index contributed by atoms with van der Waals surface area (Å²) in [7, 11) is 0. The van der Waals surface area contributed by atoms with E-state index in [1.54, 1.807) is 18.2 Å². The molecule has 2 aromatic rings. The molecular formula is C15H12FN3O. The number of nitrogens with zero attached hydrogens (tertiary/aromatic N) is 2. The predicted octanol–water partition coefficient (Wildman–Crippen LogP) is 2.06. The Kier molecular flexibility index (Phi) is 4.40. The number of hydrogen-bond donors (Lipinski definition) is 1. The van der Waals surface area contributed by atoms with Gasteiger partial charge in [0, 0.05) is 12.7 Å². The van der Waals surface area contributed by atoms with E-state index in [0.29, 0.717) is 24.1 Å². The number of rotatable bonds is 4. The van der Waals surface area contributed by atoms with Crippen LogP contribution in [0.25, 0.3) is 0 Å². The summed E-state index contributed by atoms with van der Waals surface area (Å²) >= 11 is 0. The second-order valence-corrected chi connectivity index (χ2v) is 4.14. The number of hydrogen-bond acceptors (Lipinski definition) is 3. The third kappa shape index (κ3) is 3.39. The molecular weight excluding hydrogens is 257 g/mol. The van der Waals surface area contributed by atoms with Gasteiger partial charge in [0.15, 0.2) is 0 Å². The van der Waals surface area contributed by atoms with Crippen LogP contribution in [-0.2, 0) is 6.42 Å². The van der Waals surface area contributed by atoms with Gasteiger partial charge in [0.05, 0.1) is 11.6 Å². The largest absolute Gasteiger partial charge is 0.350 e. The van der Waals surface area contributed by atoms with Crippen molar-refractivity contribution in [2.24, 2.45) is 0 Å². The smallest absolute Gasteiger partial charge is 0.269 e. The monoisotopic (exact) mass is 269 g/mol. The third-order valence-electron chi connectivity index (χ3n) is 2.76. The van der Waals surface area contributed by atoms with E-state index in [1.807, 2.05) is 6.07 Å². The standard InChI is InChI=1S/C15H12FN3O/c16-13-4-2-1-3-12(13)6-8-19-15(20)14-9-11(10-17)5-7-18-14/h1-5,7,9H,6,8H2,(H,19,20). The van der Waals surface area contributed by atoms with Crippen LogP contribution in [0.1, 0.15) is 21.6 Å². The summed E-state index contributed by atoms with van der Waals surface area (Å²) in [6.07, 6.45) is 1.81. The van der Waals surface area contributed by atoms with Crippen LogP contribution < -0.4 is 5.32 Å². The second kappa shape index (κ2) is 6.43. The first-order valence-corrected chi connectivity index (χ1v) is 6.08. The molecule has 0 unspecified atom stereocenters. The van der Waals surface area contributed by atoms with Gasteiger partial charge in [-0.25, -0.2) is 4.39 Å². The fourth-order valence-electron chi connectivity index (χ4n) is 1.73. The first kappa shape index (κ1) is 13.7. The van der Waals surface area contributed by atoms with Gasteiger partial charge in [-0.05, 0) is 30.2 Å². The van der Waals surface area contributed by atoms with Gasteiger partial charge in [0.1, 0.15) is 11.5 Å². The molecule has 1 aromatic carbocycles. The van der Waals surface area contributed by atoms with Crippen LogP contribution in [0.15, 0.2) is 42.6 Å². The lowest BCUT2D eigenvalue weighted by Crippen LogP contribution is -2.26. The molecule has 1 N–H and O–H groups in total. The van der Waals surface area contributed by atoms with Gasteiger partial charge < -0.3 is 5.32 Å². The SMILES string of the molecule is N#Cc1ccnc(C(=O)NCCc2ccccc2F)c1. The summed E-state index contributed by atoms with van der Waals surface area (Å²) in [5, 5.41) is 11.4. The molecule has 20 heavy (non-hydrogen) atoms. The number of nitriles is 1. The van der Waals surface area contributed by atoms with Gasteiger partial charge in [-0.1, -0.05) is 18.2 Å². The zero-order chi connectivity index (χ0) is 14.4. The second-order valence-electron chi connectivity index (χ2n) is 4.14. The predicted molar refractivity (Wildman–Crippen MR) is 71.4 cm³/mol. The fraction of sp³-hybridized carbons (Fsp3) is 0.133. The maximum atomic E-state index is 13.4. The van der Waals surface area contributed by atoms with Gasteiger partial charge in [0.2, 0.25) is 0 Å². The lowest BCUT2D eigenvalue weighted by atomic mass is 10.1. The topological polar surface area (TPSA) is 65.8 Å². The summed E-state index contributed by atoms with van der Waals surface area (Å²) in [5.41, 5.74) is 1.10. The highest BCUT2D eigenvalue weighted by atomic mass is 19.1. The van der Waals surface area contributed by atoms with Crippen molar-refractivity contribution in [1.82, 2.24) is 10.3 Å². The van der Waals surface area contributed by atoms with Crippen LogP contribution in [0.2, 0.25) is 0 Å². The molecule has 100 valence electrons. The van der Waals surface area contributed by atoms with Gasteiger partial charge in [-0.3, -0.25) is 9.78 Å². The number of carbonyl (C=O) groups excluding carboxylic acids is 1. The van der Waals surface area contributed by atoms with E-state index in [1.165, 1.54) is 24.4 Å². The number of benzene rings is 1. The third-order valence-corrected chi connectivity index (χ3v) is 2.76. The van der Waals surface area contributed by atoms with Gasteiger partial charge in [-0.15, -0.1) is 0 Å². The van der Waals surface area contributed by atoms with Crippen molar-refractivity contribution in [2.45, 2.75) is 6.42 Å². The van der Waals surface area contributed by atoms with E-state index < -0.39 is 0 Å². The molecule has 0 atom stereocenters. The molecule has 1 heterocycles. The number of nitrogens with one attached hydrogen (secondary N) is 1. The van der Waals surface area contributed by atoms with Crippen molar-refractivity contribution < 1.29 is 9.18 Å². The highest BCUT2D eigenvalue weighted by Gasteiger charge is 2.08. The lowest BCUT2D eigenvalue weighted by Gasteiger charge is -2.05. The van der Waals surface area contributed by atoms with E-state index >= 15 is 0 Å². The normalized spacial score (nSPS) is 9.80. The molecule has 0 spiro atoms. The van der Waals surface area contributed by atoms with Crippen LogP contribution in [0, 0.1) is 17.1 Å². The molecule has 2 rings (SSSR count). The fourth-order valence-corrected chi connectivity index (χ4v) is 1.73. The first-order valence-electron chi connectivity index (χ1n) is 6.08. The summed E-state index contributed by atoms with van der Waals surface area (Å²) in [5.74, 6) is -0.662. The number of carbonyl (C=O) groups is 1. The summed E-state index contributed by atoms with van der Waals surface area (Å²) in [6, 6.07) is 11.3. The van der Waals surface area contributed by atoms with Crippen molar-refractivity contribution >= 4 is 5.91 Å². The Hall–Kier alpha value is -2.74. The Balaban J connectivity index is 1.93. The molecule has 0 bridgehead atoms. The van der Waals surface area contributed by atoms with E-state index in [-0.39, 0.29) is 17.4 Å². The molecule has 0 aliphatic carbocycles. The molecule has 0 aliphatic heterocycles. The molecule has 0 aliphatic rings. The highest BCUT2D eigenvalue weighted by Crippen LogP contribution is 2.06. The maximum Gasteiger partial charge on any atom is 0.269 e. The lowest BCUT2D eigenvalue weighted by molar-refractivity contribution is 0.0949. The van der Waals surface area contributed by atoms with Crippen molar-refractivity contribution in [3.8, 4) is 6.07 Å². The number of halogens is 1. The van der Waals surface area contributed by atoms with Crippen molar-refractivity contribution in [3.63, 3.8) is 0 Å². The zero-order valence-corrected chi connectivity index (χ0v) is 10.6. The van der Waals surface area contributed by atoms with E-state index in [4.69, 9.17) is 5.26 Å². The minimum absolute atomic E-state index is 0.178. The minimum atomic E-state index is -0.376. The van der Waals surface area contributed by atoms with Crippen LogP contribution >= 0.6 is 0 Å². The van der Waals surface area contributed by atoms with Gasteiger partial charge in [-0.2, -0.15) is 5.26 Å². The van der Waals surface area contributed by atoms with Crippen molar-refractivity contribution in [3.05, 3.63) is 65.2 Å². The molecule has 1 amide bonds. The Morgan fingerprint density at radius 3 is 2.90 bits per heavy atom. The van der Waals surface area contributed by atoms with Crippen LogP contribution in [-0.4, -0.2) is 17.4 Å². The Bertz CT molecular complexity index is 664. The summed E-state index contributed by atoms with van der Waals surface area (Å²) in [4.78, 5) is 15.7. The molecule has 0 fully saturated rings. The van der Waals surface area contributed by atoms with E-state index in [9.17, 15) is 9.18 Å². The number of aromatic nitrogens is 1. The number of amides is 1. The van der Waals surface area contributed by atoms with E-state index in [2.05, 4.69) is 10.3 Å². The zero-order valence-electron chi connectivity index (χ0n) is 10.6. The molecule has 5 heteroatoms. The van der Waals surface area contributed by atoms with Gasteiger partial charge >= 0.3 is 0 Å². The Morgan fingerprint density at radius 2 is 2.15 bits per heavy atom. The summed E-state index contributed by atoms with van der Waals surface area (Å²) in [6.45, 7) is 0.304. The quantitative estimate of drug-likeness (QED) is 0.924. The Labute approximate surface area is 115 Å². The molecule has 4 nitrogen and oxygen atoms in total. The van der Waals surface area contributed by atoms with Crippen molar-refractivity contribution in [2.75, 3.05) is 6.54 Å². The summed E-state index contributed by atoms with van der Waals surface area (Å²) < 4.78 is 13.4. The maximum absolute atomic E-state index is 13.4. The average molecular weight is 269 g/mol. The highest BCUT2D eigenvalue weighted by molar-refractivity contribution is 5.92. The van der Waals surface area contributed by atoms with E-state index in [0.717, 1.165) is 0 Å². The van der Waals surface area contributed by atoms with Gasteiger partial charge in [0.25, 0.3) is 5.91 Å². The first-order chi connectivity index (χ1) is 9.70. The van der Waals surface area contributed by atoms with Crippen LogP contribution in [0.3, 0.4) is 0 Å².